The van der Waals surface area contributed by atoms with Crippen LogP contribution < -0.4 is 10.9 Å². The summed E-state index contributed by atoms with van der Waals surface area (Å²) in [6, 6.07) is 5.48. The number of benzene rings is 1. The minimum atomic E-state index is -0.0609. The Morgan fingerprint density at radius 3 is 2.96 bits per heavy atom. The molecule has 0 bridgehead atoms. The zero-order valence-corrected chi connectivity index (χ0v) is 15.7. The van der Waals surface area contributed by atoms with Crippen LogP contribution in [0.15, 0.2) is 27.5 Å². The van der Waals surface area contributed by atoms with E-state index in [-0.39, 0.29) is 11.6 Å². The number of nitrogens with one attached hydrogen (secondary N) is 1. The highest BCUT2D eigenvalue weighted by Crippen LogP contribution is 2.24. The summed E-state index contributed by atoms with van der Waals surface area (Å²) in [5.41, 5.74) is 1.50. The Kier molecular flexibility index (Phi) is 4.66. The van der Waals surface area contributed by atoms with Gasteiger partial charge in [0.2, 0.25) is 0 Å². The van der Waals surface area contributed by atoms with Crippen molar-refractivity contribution in [1.29, 1.82) is 0 Å². The van der Waals surface area contributed by atoms with Gasteiger partial charge in [0.05, 0.1) is 30.2 Å². The van der Waals surface area contributed by atoms with Gasteiger partial charge in [0.15, 0.2) is 5.82 Å². The average Bonchev–Trinajstić information content (AvgIpc) is 3.20. The molecule has 0 saturated carbocycles. The monoisotopic (exact) mass is 381 g/mol. The van der Waals surface area contributed by atoms with Gasteiger partial charge < -0.3 is 14.6 Å². The fourth-order valence-electron chi connectivity index (χ4n) is 3.95. The SMILES string of the molecule is O=c1c2ccc(-c3nc([C@H]4COCCN4)no3)cc2nc2n1CCCCCC2. The van der Waals surface area contributed by atoms with Gasteiger partial charge in [0.25, 0.3) is 11.4 Å². The molecule has 1 atom stereocenters. The molecule has 146 valence electrons. The van der Waals surface area contributed by atoms with Gasteiger partial charge in [-0.1, -0.05) is 18.0 Å². The average molecular weight is 381 g/mol. The number of aryl methyl sites for hydroxylation is 1. The Hall–Kier alpha value is -2.58. The van der Waals surface area contributed by atoms with Gasteiger partial charge in [-0.25, -0.2) is 4.98 Å². The predicted octanol–water partition coefficient (Wildman–Crippen LogP) is 2.22. The molecule has 4 heterocycles. The second-order valence-corrected chi connectivity index (χ2v) is 7.42. The zero-order chi connectivity index (χ0) is 18.9. The van der Waals surface area contributed by atoms with Crippen molar-refractivity contribution in [2.45, 2.75) is 44.7 Å². The van der Waals surface area contributed by atoms with E-state index in [9.17, 15) is 4.79 Å². The number of hydrogen-bond donors (Lipinski definition) is 1. The van der Waals surface area contributed by atoms with Crippen LogP contribution in [0, 0.1) is 0 Å². The molecule has 0 radical (unpaired) electrons. The van der Waals surface area contributed by atoms with Gasteiger partial charge in [-0.3, -0.25) is 9.36 Å². The van der Waals surface area contributed by atoms with E-state index < -0.39 is 0 Å². The number of ether oxygens (including phenoxy) is 1. The Morgan fingerprint density at radius 1 is 1.14 bits per heavy atom. The van der Waals surface area contributed by atoms with E-state index in [0.717, 1.165) is 43.7 Å². The Labute approximate surface area is 161 Å². The molecule has 0 spiro atoms. The third kappa shape index (κ3) is 3.22. The van der Waals surface area contributed by atoms with Crippen LogP contribution in [0.3, 0.4) is 0 Å². The molecular weight excluding hydrogens is 358 g/mol. The minimum Gasteiger partial charge on any atom is -0.378 e. The molecule has 2 aromatic heterocycles. The normalized spacial score (nSPS) is 20.5. The standard InChI is InChI=1S/C20H23N5O3/c26-20-14-7-6-13(19-23-18(24-28-19)16-12-27-10-8-21-16)11-15(14)22-17-5-3-1-2-4-9-25(17)20/h6-7,11,16,21H,1-5,8-10,12H2/t16-/m1/s1. The molecule has 8 nitrogen and oxygen atoms in total. The van der Waals surface area contributed by atoms with Crippen LogP contribution in [0.2, 0.25) is 0 Å². The minimum absolute atomic E-state index is 0.0447. The molecule has 8 heteroatoms. The van der Waals surface area contributed by atoms with Gasteiger partial charge in [-0.05, 0) is 31.0 Å². The van der Waals surface area contributed by atoms with Gasteiger partial charge >= 0.3 is 0 Å². The summed E-state index contributed by atoms with van der Waals surface area (Å²) in [7, 11) is 0. The van der Waals surface area contributed by atoms with E-state index in [4.69, 9.17) is 14.2 Å². The van der Waals surface area contributed by atoms with Gasteiger partial charge in [-0.2, -0.15) is 4.98 Å². The number of hydrogen-bond acceptors (Lipinski definition) is 7. The third-order valence-corrected chi connectivity index (χ3v) is 5.49. The van der Waals surface area contributed by atoms with Crippen molar-refractivity contribution >= 4 is 10.9 Å². The van der Waals surface area contributed by atoms with E-state index in [1.54, 1.807) is 0 Å². The van der Waals surface area contributed by atoms with Crippen LogP contribution in [-0.4, -0.2) is 39.5 Å². The maximum Gasteiger partial charge on any atom is 0.261 e. The first kappa shape index (κ1) is 17.5. The molecule has 1 N–H and O–H groups in total. The molecule has 28 heavy (non-hydrogen) atoms. The van der Waals surface area contributed by atoms with E-state index >= 15 is 0 Å². The Balaban J connectivity index is 1.52. The van der Waals surface area contributed by atoms with Crippen molar-refractivity contribution in [1.82, 2.24) is 25.0 Å². The highest BCUT2D eigenvalue weighted by molar-refractivity contribution is 5.82. The lowest BCUT2D eigenvalue weighted by atomic mass is 10.1. The second-order valence-electron chi connectivity index (χ2n) is 7.42. The van der Waals surface area contributed by atoms with Crippen LogP contribution >= 0.6 is 0 Å². The molecule has 0 aliphatic carbocycles. The molecule has 5 rings (SSSR count). The largest absolute Gasteiger partial charge is 0.378 e. The lowest BCUT2D eigenvalue weighted by molar-refractivity contribution is 0.0734. The maximum absolute atomic E-state index is 12.9. The fraction of sp³-hybridized carbons (Fsp3) is 0.500. The van der Waals surface area contributed by atoms with Crippen molar-refractivity contribution in [3.8, 4) is 11.5 Å². The van der Waals surface area contributed by atoms with Crippen LogP contribution in [0.4, 0.5) is 0 Å². The molecule has 3 aromatic rings. The summed E-state index contributed by atoms with van der Waals surface area (Å²) in [4.78, 5) is 22.3. The van der Waals surface area contributed by atoms with Crippen molar-refractivity contribution in [2.75, 3.05) is 19.8 Å². The first-order valence-electron chi connectivity index (χ1n) is 9.98. The van der Waals surface area contributed by atoms with E-state index in [0.29, 0.717) is 35.8 Å². The van der Waals surface area contributed by atoms with Crippen LogP contribution in [0.1, 0.15) is 43.4 Å². The van der Waals surface area contributed by atoms with Crippen molar-refractivity contribution in [3.63, 3.8) is 0 Å². The van der Waals surface area contributed by atoms with Crippen molar-refractivity contribution in [3.05, 3.63) is 40.2 Å². The number of rotatable bonds is 2. The number of morpholine rings is 1. The summed E-state index contributed by atoms with van der Waals surface area (Å²) in [6.07, 6.45) is 5.30. The molecule has 0 unspecified atom stereocenters. The Bertz CT molecular complexity index is 1050. The van der Waals surface area contributed by atoms with Gasteiger partial charge in [-0.15, -0.1) is 0 Å². The Morgan fingerprint density at radius 2 is 2.07 bits per heavy atom. The summed E-state index contributed by atoms with van der Waals surface area (Å²) in [5, 5.41) is 8.04. The topological polar surface area (TPSA) is 95.1 Å². The number of nitrogens with zero attached hydrogens (tertiary/aromatic N) is 4. The number of aromatic nitrogens is 4. The van der Waals surface area contributed by atoms with E-state index in [1.807, 2.05) is 22.8 Å². The molecule has 1 fully saturated rings. The number of fused-ring (bicyclic) bond motifs is 2. The maximum atomic E-state index is 12.9. The molecule has 2 aliphatic rings. The third-order valence-electron chi connectivity index (χ3n) is 5.49. The van der Waals surface area contributed by atoms with E-state index in [2.05, 4.69) is 15.5 Å². The quantitative estimate of drug-likeness (QED) is 0.727. The summed E-state index contributed by atoms with van der Waals surface area (Å²) in [5.74, 6) is 1.89. The van der Waals surface area contributed by atoms with Gasteiger partial charge in [0.1, 0.15) is 5.82 Å². The smallest absolute Gasteiger partial charge is 0.261 e. The highest BCUT2D eigenvalue weighted by atomic mass is 16.5. The highest BCUT2D eigenvalue weighted by Gasteiger charge is 2.22. The van der Waals surface area contributed by atoms with Crippen LogP contribution in [0.5, 0.6) is 0 Å². The van der Waals surface area contributed by atoms with Crippen LogP contribution in [-0.2, 0) is 17.7 Å². The van der Waals surface area contributed by atoms with Crippen LogP contribution in [0.25, 0.3) is 22.4 Å². The first-order chi connectivity index (χ1) is 13.8. The lowest BCUT2D eigenvalue weighted by Crippen LogP contribution is -2.35. The molecule has 1 saturated heterocycles. The molecule has 0 amide bonds. The van der Waals surface area contributed by atoms with E-state index in [1.165, 1.54) is 12.8 Å². The first-order valence-corrected chi connectivity index (χ1v) is 9.98. The predicted molar refractivity (Wildman–Crippen MR) is 103 cm³/mol. The summed E-state index contributed by atoms with van der Waals surface area (Å²) < 4.78 is 12.8. The lowest BCUT2D eigenvalue weighted by Gasteiger charge is -2.20. The molecule has 2 aliphatic heterocycles. The van der Waals surface area contributed by atoms with Crippen molar-refractivity contribution < 1.29 is 9.26 Å². The summed E-state index contributed by atoms with van der Waals surface area (Å²) >= 11 is 0. The molecule has 1 aromatic carbocycles. The molecular formula is C20H23N5O3. The van der Waals surface area contributed by atoms with Gasteiger partial charge in [0, 0.05) is 25.1 Å². The summed E-state index contributed by atoms with van der Waals surface area (Å²) in [6.45, 7) is 2.74. The zero-order valence-electron chi connectivity index (χ0n) is 15.7. The van der Waals surface area contributed by atoms with Crippen molar-refractivity contribution in [2.24, 2.45) is 0 Å². The fourth-order valence-corrected chi connectivity index (χ4v) is 3.95. The second kappa shape index (κ2) is 7.44.